The number of nitrogens with zero attached hydrogens (tertiary/aromatic N) is 3. The fraction of sp³-hybridized carbons (Fsp3) is 0.714. The standard InChI is InChI=1S/C14H25N5S/c1-11-18-13(10-20-11)4-6-16-14(15-2)17-8-12-5-7-19(3)9-12/h10,12H,4-9H2,1-3H3,(H2,15,16,17). The van der Waals surface area contributed by atoms with Crippen LogP contribution in [0.4, 0.5) is 0 Å². The van der Waals surface area contributed by atoms with Gasteiger partial charge >= 0.3 is 0 Å². The molecule has 0 aliphatic carbocycles. The van der Waals surface area contributed by atoms with E-state index in [1.807, 2.05) is 14.0 Å². The molecule has 2 rings (SSSR count). The van der Waals surface area contributed by atoms with Crippen molar-refractivity contribution in [1.29, 1.82) is 0 Å². The van der Waals surface area contributed by atoms with E-state index in [4.69, 9.17) is 0 Å². The molecule has 0 spiro atoms. The van der Waals surface area contributed by atoms with Crippen LogP contribution in [0.2, 0.25) is 0 Å². The van der Waals surface area contributed by atoms with Crippen LogP contribution < -0.4 is 10.6 Å². The molecule has 0 bridgehead atoms. The zero-order chi connectivity index (χ0) is 14.4. The predicted molar refractivity (Wildman–Crippen MR) is 85.5 cm³/mol. The Kier molecular flexibility index (Phi) is 5.79. The van der Waals surface area contributed by atoms with E-state index in [9.17, 15) is 0 Å². The van der Waals surface area contributed by atoms with Gasteiger partial charge in [-0.25, -0.2) is 4.98 Å². The number of guanidine groups is 1. The van der Waals surface area contributed by atoms with E-state index in [2.05, 4.69) is 37.9 Å². The average molecular weight is 295 g/mol. The van der Waals surface area contributed by atoms with Gasteiger partial charge in [-0.05, 0) is 32.9 Å². The second-order valence-electron chi connectivity index (χ2n) is 5.40. The van der Waals surface area contributed by atoms with Crippen molar-refractivity contribution in [3.63, 3.8) is 0 Å². The Morgan fingerprint density at radius 1 is 1.55 bits per heavy atom. The van der Waals surface area contributed by atoms with Gasteiger partial charge < -0.3 is 15.5 Å². The third-order valence-electron chi connectivity index (χ3n) is 3.61. The third kappa shape index (κ3) is 4.76. The molecule has 0 radical (unpaired) electrons. The summed E-state index contributed by atoms with van der Waals surface area (Å²) in [6.45, 7) is 6.30. The molecule has 5 nitrogen and oxygen atoms in total. The Balaban J connectivity index is 1.65. The first-order valence-electron chi connectivity index (χ1n) is 7.21. The first-order chi connectivity index (χ1) is 9.67. The van der Waals surface area contributed by atoms with E-state index in [1.54, 1.807) is 11.3 Å². The molecule has 0 saturated carbocycles. The molecule has 1 aliphatic rings. The second kappa shape index (κ2) is 7.59. The zero-order valence-electron chi connectivity index (χ0n) is 12.6. The maximum absolute atomic E-state index is 4.46. The second-order valence-corrected chi connectivity index (χ2v) is 6.47. The minimum absolute atomic E-state index is 0.736. The molecule has 2 heterocycles. The minimum atomic E-state index is 0.736. The van der Waals surface area contributed by atoms with Crippen molar-refractivity contribution in [2.45, 2.75) is 19.8 Å². The molecule has 1 aromatic rings. The Bertz CT molecular complexity index is 443. The largest absolute Gasteiger partial charge is 0.356 e. The summed E-state index contributed by atoms with van der Waals surface area (Å²) in [4.78, 5) is 11.1. The lowest BCUT2D eigenvalue weighted by molar-refractivity contribution is 0.394. The lowest BCUT2D eigenvalue weighted by Crippen LogP contribution is -2.41. The van der Waals surface area contributed by atoms with Crippen LogP contribution in [0.1, 0.15) is 17.1 Å². The Morgan fingerprint density at radius 2 is 2.40 bits per heavy atom. The smallest absolute Gasteiger partial charge is 0.190 e. The molecule has 1 unspecified atom stereocenters. The maximum atomic E-state index is 4.46. The van der Waals surface area contributed by atoms with Crippen molar-refractivity contribution < 1.29 is 0 Å². The number of rotatable bonds is 5. The number of aliphatic imine (C=N–C) groups is 1. The molecule has 6 heteroatoms. The van der Waals surface area contributed by atoms with Crippen LogP contribution in [-0.2, 0) is 6.42 Å². The molecule has 2 N–H and O–H groups in total. The van der Waals surface area contributed by atoms with Gasteiger partial charge in [-0.1, -0.05) is 0 Å². The molecule has 0 aromatic carbocycles. The van der Waals surface area contributed by atoms with Crippen molar-refractivity contribution in [2.24, 2.45) is 10.9 Å². The van der Waals surface area contributed by atoms with Crippen LogP contribution in [0.3, 0.4) is 0 Å². The number of aromatic nitrogens is 1. The van der Waals surface area contributed by atoms with Crippen LogP contribution in [0.15, 0.2) is 10.4 Å². The van der Waals surface area contributed by atoms with Crippen LogP contribution in [-0.4, -0.2) is 56.1 Å². The van der Waals surface area contributed by atoms with Crippen molar-refractivity contribution in [3.05, 3.63) is 16.1 Å². The van der Waals surface area contributed by atoms with Gasteiger partial charge in [0.15, 0.2) is 5.96 Å². The minimum Gasteiger partial charge on any atom is -0.356 e. The predicted octanol–water partition coefficient (Wildman–Crippen LogP) is 1.11. The Labute approximate surface area is 125 Å². The molecule has 1 fully saturated rings. The number of hydrogen-bond acceptors (Lipinski definition) is 4. The fourth-order valence-corrected chi connectivity index (χ4v) is 3.13. The summed E-state index contributed by atoms with van der Waals surface area (Å²) in [5.74, 6) is 1.63. The van der Waals surface area contributed by atoms with Gasteiger partial charge in [-0.2, -0.15) is 0 Å². The van der Waals surface area contributed by atoms with Crippen molar-refractivity contribution in [1.82, 2.24) is 20.5 Å². The van der Waals surface area contributed by atoms with Gasteiger partial charge in [0, 0.05) is 38.5 Å². The molecule has 1 aliphatic heterocycles. The molecule has 1 atom stereocenters. The zero-order valence-corrected chi connectivity index (χ0v) is 13.5. The summed E-state index contributed by atoms with van der Waals surface area (Å²) in [6.07, 6.45) is 2.22. The highest BCUT2D eigenvalue weighted by atomic mass is 32.1. The summed E-state index contributed by atoms with van der Waals surface area (Å²) in [5, 5.41) is 10.0. The van der Waals surface area contributed by atoms with Gasteiger partial charge in [0.05, 0.1) is 10.7 Å². The van der Waals surface area contributed by atoms with Crippen molar-refractivity contribution in [2.75, 3.05) is 40.3 Å². The summed E-state index contributed by atoms with van der Waals surface area (Å²) >= 11 is 1.71. The van der Waals surface area contributed by atoms with Gasteiger partial charge in [-0.3, -0.25) is 4.99 Å². The van der Waals surface area contributed by atoms with Crippen LogP contribution in [0.25, 0.3) is 0 Å². The van der Waals surface area contributed by atoms with E-state index in [0.29, 0.717) is 0 Å². The third-order valence-corrected chi connectivity index (χ3v) is 4.43. The van der Waals surface area contributed by atoms with Crippen molar-refractivity contribution >= 4 is 17.3 Å². The van der Waals surface area contributed by atoms with Crippen molar-refractivity contribution in [3.8, 4) is 0 Å². The summed E-state index contributed by atoms with van der Waals surface area (Å²) in [7, 11) is 4.01. The van der Waals surface area contributed by atoms with Crippen LogP contribution >= 0.6 is 11.3 Å². The van der Waals surface area contributed by atoms with E-state index in [-0.39, 0.29) is 0 Å². The number of thiazole rings is 1. The number of likely N-dealkylation sites (tertiary alicyclic amines) is 1. The highest BCUT2D eigenvalue weighted by Crippen LogP contribution is 2.12. The highest BCUT2D eigenvalue weighted by molar-refractivity contribution is 7.09. The molecule has 0 amide bonds. The lowest BCUT2D eigenvalue weighted by Gasteiger charge is -2.15. The molecular formula is C14H25N5S. The molecule has 1 saturated heterocycles. The number of hydrogen-bond donors (Lipinski definition) is 2. The average Bonchev–Trinajstić information content (AvgIpc) is 3.02. The maximum Gasteiger partial charge on any atom is 0.190 e. The normalized spacial score (nSPS) is 20.4. The molecule has 112 valence electrons. The molecule has 1 aromatic heterocycles. The quantitative estimate of drug-likeness (QED) is 0.631. The van der Waals surface area contributed by atoms with E-state index >= 15 is 0 Å². The number of aryl methyl sites for hydroxylation is 1. The highest BCUT2D eigenvalue weighted by Gasteiger charge is 2.19. The van der Waals surface area contributed by atoms with E-state index in [0.717, 1.165) is 42.1 Å². The summed E-state index contributed by atoms with van der Waals surface area (Å²) in [5.41, 5.74) is 1.16. The first kappa shape index (κ1) is 15.3. The van der Waals surface area contributed by atoms with Crippen LogP contribution in [0.5, 0.6) is 0 Å². The summed E-state index contributed by atoms with van der Waals surface area (Å²) < 4.78 is 0. The van der Waals surface area contributed by atoms with Gasteiger partial charge in [0.2, 0.25) is 0 Å². The Morgan fingerprint density at radius 3 is 3.00 bits per heavy atom. The fourth-order valence-electron chi connectivity index (χ4n) is 2.49. The lowest BCUT2D eigenvalue weighted by atomic mass is 10.1. The number of nitrogens with one attached hydrogen (secondary N) is 2. The van der Waals surface area contributed by atoms with Crippen LogP contribution in [0, 0.1) is 12.8 Å². The molecular weight excluding hydrogens is 270 g/mol. The van der Waals surface area contributed by atoms with Gasteiger partial charge in [-0.15, -0.1) is 11.3 Å². The first-order valence-corrected chi connectivity index (χ1v) is 8.09. The SMILES string of the molecule is CN=C(NCCc1csc(C)n1)NCC1CCN(C)C1. The summed E-state index contributed by atoms with van der Waals surface area (Å²) in [6, 6.07) is 0. The van der Waals surface area contributed by atoms with Gasteiger partial charge in [0.25, 0.3) is 0 Å². The van der Waals surface area contributed by atoms with Gasteiger partial charge in [0.1, 0.15) is 0 Å². The monoisotopic (exact) mass is 295 g/mol. The molecule has 20 heavy (non-hydrogen) atoms. The van der Waals surface area contributed by atoms with E-state index in [1.165, 1.54) is 19.5 Å². The van der Waals surface area contributed by atoms with E-state index < -0.39 is 0 Å². The Hall–Kier alpha value is -1.14. The topological polar surface area (TPSA) is 52.6 Å².